The molecule has 0 radical (unpaired) electrons. The number of guanidine groups is 1. The third kappa shape index (κ3) is 5.39. The van der Waals surface area contributed by atoms with Crippen LogP contribution in [0.3, 0.4) is 0 Å². The van der Waals surface area contributed by atoms with Crippen LogP contribution in [-0.2, 0) is 13.0 Å². The minimum absolute atomic E-state index is 0. The molecule has 26 heavy (non-hydrogen) atoms. The number of halogens is 1. The van der Waals surface area contributed by atoms with Crippen molar-refractivity contribution in [3.05, 3.63) is 65.9 Å². The Kier molecular flexibility index (Phi) is 7.77. The van der Waals surface area contributed by atoms with Gasteiger partial charge in [0.15, 0.2) is 5.96 Å². The average Bonchev–Trinajstić information content (AvgIpc) is 3.07. The number of rotatable bonds is 6. The van der Waals surface area contributed by atoms with Crippen molar-refractivity contribution < 1.29 is 9.15 Å². The van der Waals surface area contributed by atoms with Gasteiger partial charge in [0.25, 0.3) is 0 Å². The quantitative estimate of drug-likeness (QED) is 0.329. The Balaban J connectivity index is 0.00000243. The Morgan fingerprint density at radius 1 is 1.08 bits per heavy atom. The number of furan rings is 1. The molecule has 1 heterocycles. The average molecular weight is 465 g/mol. The number of hydrogen-bond acceptors (Lipinski definition) is 3. The minimum atomic E-state index is 0. The first-order valence-electron chi connectivity index (χ1n) is 8.33. The lowest BCUT2D eigenvalue weighted by atomic mass is 10.2. The molecule has 3 aromatic rings. The lowest BCUT2D eigenvalue weighted by Crippen LogP contribution is -2.37. The van der Waals surface area contributed by atoms with E-state index in [0.717, 1.165) is 41.4 Å². The minimum Gasteiger partial charge on any atom is -0.497 e. The van der Waals surface area contributed by atoms with Crippen molar-refractivity contribution in [2.45, 2.75) is 13.0 Å². The molecule has 0 fully saturated rings. The summed E-state index contributed by atoms with van der Waals surface area (Å²) in [6, 6.07) is 18.1. The molecule has 2 aromatic carbocycles. The van der Waals surface area contributed by atoms with Crippen LogP contribution in [0.2, 0.25) is 0 Å². The topological polar surface area (TPSA) is 58.8 Å². The van der Waals surface area contributed by atoms with Gasteiger partial charge in [-0.2, -0.15) is 0 Å². The highest BCUT2D eigenvalue weighted by atomic mass is 127. The molecule has 0 amide bonds. The Morgan fingerprint density at radius 2 is 1.85 bits per heavy atom. The Morgan fingerprint density at radius 3 is 2.54 bits per heavy atom. The van der Waals surface area contributed by atoms with E-state index in [-0.39, 0.29) is 24.0 Å². The van der Waals surface area contributed by atoms with Crippen LogP contribution in [0.15, 0.2) is 64.0 Å². The zero-order valence-electron chi connectivity index (χ0n) is 15.0. The summed E-state index contributed by atoms with van der Waals surface area (Å²) < 4.78 is 11.0. The van der Waals surface area contributed by atoms with Crippen molar-refractivity contribution in [3.63, 3.8) is 0 Å². The fourth-order valence-corrected chi connectivity index (χ4v) is 2.61. The smallest absolute Gasteiger partial charge is 0.191 e. The summed E-state index contributed by atoms with van der Waals surface area (Å²) in [5, 5.41) is 7.75. The van der Waals surface area contributed by atoms with Crippen LogP contribution in [0, 0.1) is 0 Å². The molecule has 0 aliphatic carbocycles. The third-order valence-electron chi connectivity index (χ3n) is 3.98. The Hall–Kier alpha value is -2.22. The molecule has 0 bridgehead atoms. The normalized spacial score (nSPS) is 11.1. The van der Waals surface area contributed by atoms with E-state index in [9.17, 15) is 0 Å². The van der Waals surface area contributed by atoms with Crippen LogP contribution in [0.5, 0.6) is 5.75 Å². The van der Waals surface area contributed by atoms with E-state index in [0.29, 0.717) is 6.54 Å². The van der Waals surface area contributed by atoms with Crippen molar-refractivity contribution in [1.82, 2.24) is 10.6 Å². The molecule has 0 saturated carbocycles. The van der Waals surface area contributed by atoms with Gasteiger partial charge in [-0.15, -0.1) is 24.0 Å². The predicted octanol–water partition coefficient (Wildman–Crippen LogP) is 3.97. The number of aliphatic imine (C=N–C) groups is 1. The second-order valence-electron chi connectivity index (χ2n) is 5.70. The first kappa shape index (κ1) is 20.1. The van der Waals surface area contributed by atoms with Crippen LogP contribution < -0.4 is 15.4 Å². The molecule has 6 heteroatoms. The second-order valence-corrected chi connectivity index (χ2v) is 5.70. The number of fused-ring (bicyclic) bond motifs is 1. The zero-order valence-corrected chi connectivity index (χ0v) is 17.3. The number of hydrogen-bond donors (Lipinski definition) is 2. The molecule has 2 N–H and O–H groups in total. The summed E-state index contributed by atoms with van der Waals surface area (Å²) in [6.07, 6.45) is 0.803. The van der Waals surface area contributed by atoms with Gasteiger partial charge < -0.3 is 19.8 Å². The van der Waals surface area contributed by atoms with Crippen LogP contribution in [0.25, 0.3) is 11.0 Å². The van der Waals surface area contributed by atoms with Crippen molar-refractivity contribution in [3.8, 4) is 5.75 Å². The number of ether oxygens (including phenoxy) is 1. The van der Waals surface area contributed by atoms with Crippen molar-refractivity contribution in [1.29, 1.82) is 0 Å². The molecule has 1 aromatic heterocycles. The van der Waals surface area contributed by atoms with Crippen molar-refractivity contribution in [2.24, 2.45) is 4.99 Å². The number of nitrogens with one attached hydrogen (secondary N) is 2. The van der Waals surface area contributed by atoms with E-state index in [1.165, 1.54) is 5.56 Å². The van der Waals surface area contributed by atoms with Crippen molar-refractivity contribution in [2.75, 3.05) is 20.7 Å². The number of nitrogens with zero attached hydrogens (tertiary/aromatic N) is 1. The number of benzene rings is 2. The monoisotopic (exact) mass is 465 g/mol. The van der Waals surface area contributed by atoms with Gasteiger partial charge in [0.2, 0.25) is 0 Å². The van der Waals surface area contributed by atoms with E-state index in [1.807, 2.05) is 42.5 Å². The summed E-state index contributed by atoms with van der Waals surface area (Å²) in [7, 11) is 3.44. The lowest BCUT2D eigenvalue weighted by Gasteiger charge is -2.11. The summed E-state index contributed by atoms with van der Waals surface area (Å²) in [4.78, 5) is 4.25. The highest BCUT2D eigenvalue weighted by molar-refractivity contribution is 14.0. The van der Waals surface area contributed by atoms with Crippen LogP contribution in [0.4, 0.5) is 0 Å². The molecule has 5 nitrogen and oxygen atoms in total. The first-order valence-corrected chi connectivity index (χ1v) is 8.33. The fourth-order valence-electron chi connectivity index (χ4n) is 2.61. The second kappa shape index (κ2) is 10.1. The molecule has 0 spiro atoms. The summed E-state index contributed by atoms with van der Waals surface area (Å²) in [5.41, 5.74) is 2.10. The lowest BCUT2D eigenvalue weighted by molar-refractivity contribution is 0.414. The number of methoxy groups -OCH3 is 1. The van der Waals surface area contributed by atoms with E-state index in [4.69, 9.17) is 9.15 Å². The standard InChI is InChI=1S/C20H23N3O2.HI/c1-21-20(23-14-15-7-9-17(24-2)10-8-15)22-12-11-18-13-16-5-3-4-6-19(16)25-18;/h3-10,13H,11-12,14H2,1-2H3,(H2,21,22,23);1H. The van der Waals surface area contributed by atoms with E-state index < -0.39 is 0 Å². The van der Waals surface area contributed by atoms with E-state index in [2.05, 4.69) is 27.8 Å². The first-order chi connectivity index (χ1) is 12.3. The molecule has 0 aliphatic rings. The van der Waals surface area contributed by atoms with Crippen LogP contribution in [-0.4, -0.2) is 26.7 Å². The highest BCUT2D eigenvalue weighted by Crippen LogP contribution is 2.18. The molecule has 0 aliphatic heterocycles. The Labute approximate surface area is 170 Å². The molecular formula is C20H24IN3O2. The van der Waals surface area contributed by atoms with Crippen molar-refractivity contribution >= 4 is 40.9 Å². The highest BCUT2D eigenvalue weighted by Gasteiger charge is 2.04. The predicted molar refractivity (Wildman–Crippen MR) is 117 cm³/mol. The van der Waals surface area contributed by atoms with Gasteiger partial charge in [-0.25, -0.2) is 0 Å². The van der Waals surface area contributed by atoms with E-state index >= 15 is 0 Å². The largest absolute Gasteiger partial charge is 0.497 e. The molecule has 0 unspecified atom stereocenters. The molecule has 0 atom stereocenters. The van der Waals surface area contributed by atoms with Crippen LogP contribution in [0.1, 0.15) is 11.3 Å². The third-order valence-corrected chi connectivity index (χ3v) is 3.98. The number of para-hydroxylation sites is 1. The molecule has 0 saturated heterocycles. The van der Waals surface area contributed by atoms with Gasteiger partial charge in [-0.05, 0) is 29.8 Å². The van der Waals surface area contributed by atoms with Gasteiger partial charge in [0.05, 0.1) is 7.11 Å². The van der Waals surface area contributed by atoms with Crippen LogP contribution >= 0.6 is 24.0 Å². The van der Waals surface area contributed by atoms with Gasteiger partial charge in [-0.1, -0.05) is 30.3 Å². The summed E-state index contributed by atoms with van der Waals surface area (Å²) in [6.45, 7) is 1.45. The van der Waals surface area contributed by atoms with Gasteiger partial charge in [0, 0.05) is 31.9 Å². The molecule has 138 valence electrons. The van der Waals surface area contributed by atoms with Gasteiger partial charge in [0.1, 0.15) is 17.1 Å². The molecule has 3 rings (SSSR count). The molecular weight excluding hydrogens is 441 g/mol. The maximum Gasteiger partial charge on any atom is 0.191 e. The maximum absolute atomic E-state index is 5.82. The van der Waals surface area contributed by atoms with Gasteiger partial charge in [-0.3, -0.25) is 4.99 Å². The summed E-state index contributed by atoms with van der Waals surface area (Å²) >= 11 is 0. The van der Waals surface area contributed by atoms with Gasteiger partial charge >= 0.3 is 0 Å². The maximum atomic E-state index is 5.82. The van der Waals surface area contributed by atoms with E-state index in [1.54, 1.807) is 14.2 Å². The SMILES string of the molecule is CN=C(NCCc1cc2ccccc2o1)NCc1ccc(OC)cc1.I. The zero-order chi connectivity index (χ0) is 17.5. The fraction of sp³-hybridized carbons (Fsp3) is 0.250. The Bertz CT molecular complexity index is 811. The summed E-state index contributed by atoms with van der Waals surface area (Å²) in [5.74, 6) is 2.60.